The topological polar surface area (TPSA) is 47.1 Å². The predicted octanol–water partition coefficient (Wildman–Crippen LogP) is 2.45. The van der Waals surface area contributed by atoms with Gasteiger partial charge in [-0.1, -0.05) is 27.7 Å². The lowest BCUT2D eigenvalue weighted by Crippen LogP contribution is -2.39. The first-order chi connectivity index (χ1) is 8.72. The van der Waals surface area contributed by atoms with Gasteiger partial charge in [0.2, 0.25) is 0 Å². The van der Waals surface area contributed by atoms with E-state index in [1.807, 2.05) is 11.7 Å². The highest BCUT2D eigenvalue weighted by Gasteiger charge is 2.29. The van der Waals surface area contributed by atoms with Gasteiger partial charge in [-0.05, 0) is 20.4 Å². The van der Waals surface area contributed by atoms with Crippen LogP contribution in [0.15, 0.2) is 6.20 Å². The predicted molar refractivity (Wildman–Crippen MR) is 81.2 cm³/mol. The minimum atomic E-state index is 0.0421. The van der Waals surface area contributed by atoms with E-state index < -0.39 is 0 Å². The molecule has 1 heterocycles. The van der Waals surface area contributed by atoms with Crippen LogP contribution in [0.25, 0.3) is 0 Å². The van der Waals surface area contributed by atoms with Gasteiger partial charge in [-0.2, -0.15) is 5.10 Å². The van der Waals surface area contributed by atoms with Crippen molar-refractivity contribution in [2.24, 2.45) is 12.8 Å². The van der Waals surface area contributed by atoms with E-state index in [0.29, 0.717) is 12.6 Å². The summed E-state index contributed by atoms with van der Waals surface area (Å²) in [4.78, 5) is 2.44. The maximum atomic E-state index is 6.06. The fourth-order valence-corrected chi connectivity index (χ4v) is 2.72. The second-order valence-corrected chi connectivity index (χ2v) is 6.53. The Kier molecular flexibility index (Phi) is 5.16. The number of nitrogens with two attached hydrogens (primary N) is 1. The summed E-state index contributed by atoms with van der Waals surface area (Å²) in [7, 11) is 1.98. The second kappa shape index (κ2) is 6.06. The Morgan fingerprint density at radius 2 is 1.95 bits per heavy atom. The molecule has 0 aliphatic carbocycles. The second-order valence-electron chi connectivity index (χ2n) is 6.53. The molecule has 0 aliphatic rings. The molecule has 0 aliphatic heterocycles. The third-order valence-electron chi connectivity index (χ3n) is 3.58. The maximum absolute atomic E-state index is 6.06. The standard InChI is InChI=1S/C15H30N4/c1-8-19(11(2)3)13(9-16)12-10-18(7)17-14(12)15(4,5)6/h10-11,13H,8-9,16H2,1-7H3. The van der Waals surface area contributed by atoms with Gasteiger partial charge in [-0.15, -0.1) is 0 Å². The van der Waals surface area contributed by atoms with Crippen LogP contribution in [0.2, 0.25) is 0 Å². The highest BCUT2D eigenvalue weighted by atomic mass is 15.3. The minimum absolute atomic E-state index is 0.0421. The molecule has 0 saturated carbocycles. The molecule has 110 valence electrons. The molecule has 0 aromatic carbocycles. The number of aryl methyl sites for hydroxylation is 1. The van der Waals surface area contributed by atoms with Crippen molar-refractivity contribution in [3.8, 4) is 0 Å². The first-order valence-electron chi connectivity index (χ1n) is 7.22. The quantitative estimate of drug-likeness (QED) is 0.890. The average Bonchev–Trinajstić information content (AvgIpc) is 2.66. The molecule has 2 N–H and O–H groups in total. The van der Waals surface area contributed by atoms with Crippen LogP contribution in [0, 0.1) is 0 Å². The van der Waals surface area contributed by atoms with Crippen LogP contribution >= 0.6 is 0 Å². The van der Waals surface area contributed by atoms with E-state index >= 15 is 0 Å². The van der Waals surface area contributed by atoms with Crippen molar-refractivity contribution in [3.05, 3.63) is 17.5 Å². The molecule has 0 fully saturated rings. The molecule has 0 spiro atoms. The Balaban J connectivity index is 3.25. The molecule has 0 radical (unpaired) electrons. The number of likely N-dealkylation sites (N-methyl/N-ethyl adjacent to an activating group) is 1. The molecule has 1 unspecified atom stereocenters. The summed E-state index contributed by atoms with van der Waals surface area (Å²) in [6, 6.07) is 0.722. The monoisotopic (exact) mass is 266 g/mol. The van der Waals surface area contributed by atoms with E-state index in [-0.39, 0.29) is 11.5 Å². The minimum Gasteiger partial charge on any atom is -0.329 e. The van der Waals surface area contributed by atoms with Gasteiger partial charge in [0.1, 0.15) is 0 Å². The third-order valence-corrected chi connectivity index (χ3v) is 3.58. The Bertz CT molecular complexity index is 401. The maximum Gasteiger partial charge on any atom is 0.0726 e. The number of aromatic nitrogens is 2. The van der Waals surface area contributed by atoms with E-state index in [0.717, 1.165) is 12.2 Å². The van der Waals surface area contributed by atoms with Crippen molar-refractivity contribution in [1.29, 1.82) is 0 Å². The Morgan fingerprint density at radius 1 is 1.37 bits per heavy atom. The summed E-state index contributed by atoms with van der Waals surface area (Å²) in [5.74, 6) is 0. The van der Waals surface area contributed by atoms with Crippen molar-refractivity contribution in [2.75, 3.05) is 13.1 Å². The smallest absolute Gasteiger partial charge is 0.0726 e. The normalized spacial score (nSPS) is 14.4. The van der Waals surface area contributed by atoms with Crippen LogP contribution in [0.1, 0.15) is 58.8 Å². The van der Waals surface area contributed by atoms with Crippen LogP contribution in [0.3, 0.4) is 0 Å². The number of hydrogen-bond donors (Lipinski definition) is 1. The van der Waals surface area contributed by atoms with Gasteiger partial charge in [-0.25, -0.2) is 0 Å². The van der Waals surface area contributed by atoms with Crippen molar-refractivity contribution in [2.45, 2.75) is 59.0 Å². The average molecular weight is 266 g/mol. The molecule has 1 aromatic rings. The van der Waals surface area contributed by atoms with Gasteiger partial charge in [0.25, 0.3) is 0 Å². The largest absolute Gasteiger partial charge is 0.329 e. The Hall–Kier alpha value is -0.870. The van der Waals surface area contributed by atoms with Gasteiger partial charge in [0.15, 0.2) is 0 Å². The summed E-state index contributed by atoms with van der Waals surface area (Å²) in [6.45, 7) is 14.9. The first-order valence-corrected chi connectivity index (χ1v) is 7.22. The molecule has 0 amide bonds. The fourth-order valence-electron chi connectivity index (χ4n) is 2.72. The number of hydrogen-bond acceptors (Lipinski definition) is 3. The van der Waals surface area contributed by atoms with Gasteiger partial charge in [0, 0.05) is 36.8 Å². The van der Waals surface area contributed by atoms with Crippen LogP contribution in [0.5, 0.6) is 0 Å². The lowest BCUT2D eigenvalue weighted by Gasteiger charge is -2.34. The molecule has 4 nitrogen and oxygen atoms in total. The van der Waals surface area contributed by atoms with E-state index in [1.54, 1.807) is 0 Å². The van der Waals surface area contributed by atoms with Gasteiger partial charge in [0.05, 0.1) is 11.7 Å². The van der Waals surface area contributed by atoms with Crippen LogP contribution in [-0.4, -0.2) is 33.8 Å². The molecular formula is C15H30N4. The summed E-state index contributed by atoms with van der Waals surface area (Å²) in [6.07, 6.45) is 2.13. The van der Waals surface area contributed by atoms with Crippen molar-refractivity contribution >= 4 is 0 Å². The van der Waals surface area contributed by atoms with Crippen molar-refractivity contribution < 1.29 is 0 Å². The van der Waals surface area contributed by atoms with E-state index in [1.165, 1.54) is 5.56 Å². The summed E-state index contributed by atoms with van der Waals surface area (Å²) >= 11 is 0. The molecule has 1 rings (SSSR count). The zero-order chi connectivity index (χ0) is 14.8. The molecule has 0 saturated heterocycles. The van der Waals surface area contributed by atoms with E-state index in [4.69, 9.17) is 5.73 Å². The molecule has 0 bridgehead atoms. The SMILES string of the molecule is CCN(C(C)C)C(CN)c1cn(C)nc1C(C)(C)C. The van der Waals surface area contributed by atoms with Crippen LogP contribution in [0.4, 0.5) is 0 Å². The summed E-state index contributed by atoms with van der Waals surface area (Å²) < 4.78 is 1.91. The Morgan fingerprint density at radius 3 is 2.32 bits per heavy atom. The molecular weight excluding hydrogens is 236 g/mol. The highest BCUT2D eigenvalue weighted by molar-refractivity contribution is 5.28. The zero-order valence-corrected chi connectivity index (χ0v) is 13.6. The van der Waals surface area contributed by atoms with Gasteiger partial charge < -0.3 is 5.73 Å². The summed E-state index contributed by atoms with van der Waals surface area (Å²) in [5.41, 5.74) is 8.53. The molecule has 1 atom stereocenters. The van der Waals surface area contributed by atoms with Crippen molar-refractivity contribution in [3.63, 3.8) is 0 Å². The molecule has 4 heteroatoms. The molecule has 1 aromatic heterocycles. The number of nitrogens with zero attached hydrogens (tertiary/aromatic N) is 3. The Labute approximate surface area is 118 Å². The molecule has 19 heavy (non-hydrogen) atoms. The lowest BCUT2D eigenvalue weighted by molar-refractivity contribution is 0.165. The van der Waals surface area contributed by atoms with Crippen LogP contribution in [-0.2, 0) is 12.5 Å². The first kappa shape index (κ1) is 16.2. The van der Waals surface area contributed by atoms with E-state index in [2.05, 4.69) is 57.7 Å². The van der Waals surface area contributed by atoms with Crippen LogP contribution < -0.4 is 5.73 Å². The fraction of sp³-hybridized carbons (Fsp3) is 0.800. The third kappa shape index (κ3) is 3.57. The lowest BCUT2D eigenvalue weighted by atomic mass is 9.87. The number of rotatable bonds is 5. The highest BCUT2D eigenvalue weighted by Crippen LogP contribution is 2.31. The van der Waals surface area contributed by atoms with Gasteiger partial charge in [-0.3, -0.25) is 9.58 Å². The van der Waals surface area contributed by atoms with E-state index in [9.17, 15) is 0 Å². The zero-order valence-electron chi connectivity index (χ0n) is 13.6. The summed E-state index contributed by atoms with van der Waals surface area (Å²) in [5, 5.41) is 4.66. The van der Waals surface area contributed by atoms with Crippen molar-refractivity contribution in [1.82, 2.24) is 14.7 Å². The van der Waals surface area contributed by atoms with Gasteiger partial charge >= 0.3 is 0 Å².